The second-order valence-electron chi connectivity index (χ2n) is 9.82. The molecule has 1 amide bonds. The van der Waals surface area contributed by atoms with Crippen molar-refractivity contribution in [2.45, 2.75) is 25.5 Å². The third-order valence-corrected chi connectivity index (χ3v) is 8.25. The zero-order valence-corrected chi connectivity index (χ0v) is 22.2. The van der Waals surface area contributed by atoms with Crippen LogP contribution in [0.15, 0.2) is 60.9 Å². The summed E-state index contributed by atoms with van der Waals surface area (Å²) in [6.45, 7) is 5.94. The average Bonchev–Trinajstić information content (AvgIpc) is 3.60. The molecule has 0 radical (unpaired) electrons. The normalized spacial score (nSPS) is 16.2. The van der Waals surface area contributed by atoms with E-state index in [1.54, 1.807) is 42.7 Å². The molecule has 4 heterocycles. The van der Waals surface area contributed by atoms with Crippen molar-refractivity contribution in [3.8, 4) is 5.75 Å². The van der Waals surface area contributed by atoms with Crippen LogP contribution in [0.3, 0.4) is 0 Å². The monoisotopic (exact) mass is 528 g/mol. The molecular weight excluding hydrogens is 500 g/mol. The number of nitrogens with one attached hydrogen (secondary N) is 2. The van der Waals surface area contributed by atoms with Crippen LogP contribution in [-0.4, -0.2) is 52.9 Å². The Morgan fingerprint density at radius 1 is 1.21 bits per heavy atom. The third-order valence-electron chi connectivity index (χ3n) is 6.87. The molecule has 9 nitrogen and oxygen atoms in total. The number of carbonyl (C=O) groups excluding carboxylic acids is 1. The van der Waals surface area contributed by atoms with Gasteiger partial charge in [0.25, 0.3) is 5.91 Å². The number of hydrogen-bond donors (Lipinski definition) is 2. The molecule has 38 heavy (non-hydrogen) atoms. The highest BCUT2D eigenvalue weighted by molar-refractivity contribution is 7.19. The van der Waals surface area contributed by atoms with Gasteiger partial charge >= 0.3 is 0 Å². The van der Waals surface area contributed by atoms with E-state index in [-0.39, 0.29) is 12.0 Å². The predicted molar refractivity (Wildman–Crippen MR) is 148 cm³/mol. The molecule has 1 aliphatic heterocycles. The molecular formula is C28H28N6O3S. The van der Waals surface area contributed by atoms with E-state index in [0.29, 0.717) is 37.0 Å². The first-order valence-corrected chi connectivity index (χ1v) is 13.2. The smallest absolute Gasteiger partial charge is 0.251 e. The molecule has 194 valence electrons. The van der Waals surface area contributed by atoms with E-state index in [4.69, 9.17) is 14.5 Å². The van der Waals surface area contributed by atoms with Crippen LogP contribution >= 0.6 is 11.3 Å². The van der Waals surface area contributed by atoms with Gasteiger partial charge in [0.15, 0.2) is 0 Å². The van der Waals surface area contributed by atoms with Crippen LogP contribution in [0.2, 0.25) is 0 Å². The summed E-state index contributed by atoms with van der Waals surface area (Å²) in [7, 11) is 1.60. The Kier molecular flexibility index (Phi) is 6.21. The maximum Gasteiger partial charge on any atom is 0.251 e. The van der Waals surface area contributed by atoms with Crippen molar-refractivity contribution in [3.63, 3.8) is 0 Å². The highest BCUT2D eigenvalue weighted by Crippen LogP contribution is 2.34. The van der Waals surface area contributed by atoms with Crippen LogP contribution in [0.5, 0.6) is 5.75 Å². The van der Waals surface area contributed by atoms with Crippen molar-refractivity contribution in [2.75, 3.05) is 31.7 Å². The van der Waals surface area contributed by atoms with Gasteiger partial charge < -0.3 is 19.7 Å². The Balaban J connectivity index is 1.21. The van der Waals surface area contributed by atoms with Gasteiger partial charge in [0.1, 0.15) is 11.9 Å². The second-order valence-corrected chi connectivity index (χ2v) is 10.9. The van der Waals surface area contributed by atoms with Crippen molar-refractivity contribution in [1.29, 1.82) is 0 Å². The molecule has 3 aromatic heterocycles. The maximum atomic E-state index is 12.9. The van der Waals surface area contributed by atoms with Gasteiger partial charge in [-0.2, -0.15) is 5.10 Å². The molecule has 0 saturated carbocycles. The van der Waals surface area contributed by atoms with Gasteiger partial charge in [-0.1, -0.05) is 12.1 Å². The lowest BCUT2D eigenvalue weighted by Crippen LogP contribution is -2.40. The van der Waals surface area contributed by atoms with Crippen molar-refractivity contribution in [2.24, 2.45) is 0 Å². The van der Waals surface area contributed by atoms with Gasteiger partial charge in [0.05, 0.1) is 53.9 Å². The van der Waals surface area contributed by atoms with Gasteiger partial charge in [-0.3, -0.25) is 9.89 Å². The first kappa shape index (κ1) is 24.3. The minimum Gasteiger partial charge on any atom is -0.497 e. The van der Waals surface area contributed by atoms with E-state index in [1.165, 1.54) is 0 Å². The number of morpholine rings is 1. The number of rotatable bonds is 6. The summed E-state index contributed by atoms with van der Waals surface area (Å²) in [4.78, 5) is 25.7. The molecule has 6 rings (SSSR count). The standard InChI is InChI=1S/C28H28N6O3S/c1-28(2,32-26(35)17-7-9-18(36-3)10-8-17)25-13-22-24(38-25)15-29-27(31-22)34-11-12-37-23(16-34)19-5-4-6-21-20(19)14-30-33-21/h4-10,13-15,23H,11-12,16H2,1-3H3,(H,30,33)(H,32,35). The molecule has 1 aliphatic rings. The molecule has 2 aromatic carbocycles. The fourth-order valence-electron chi connectivity index (χ4n) is 4.74. The van der Waals surface area contributed by atoms with Crippen molar-refractivity contribution in [3.05, 3.63) is 76.9 Å². The molecule has 10 heteroatoms. The quantitative estimate of drug-likeness (QED) is 0.326. The highest BCUT2D eigenvalue weighted by atomic mass is 32.1. The number of carbonyl (C=O) groups is 1. The summed E-state index contributed by atoms with van der Waals surface area (Å²) in [5.74, 6) is 1.24. The minimum absolute atomic E-state index is 0.102. The maximum absolute atomic E-state index is 12.9. The summed E-state index contributed by atoms with van der Waals surface area (Å²) in [5.41, 5.74) is 2.95. The highest BCUT2D eigenvalue weighted by Gasteiger charge is 2.28. The Bertz CT molecular complexity index is 1610. The van der Waals surface area contributed by atoms with Gasteiger partial charge in [0.2, 0.25) is 5.95 Å². The Hall–Kier alpha value is -4.02. The van der Waals surface area contributed by atoms with Crippen LogP contribution in [0, 0.1) is 0 Å². The van der Waals surface area contributed by atoms with Crippen LogP contribution in [0.4, 0.5) is 5.95 Å². The fourth-order valence-corrected chi connectivity index (χ4v) is 5.77. The number of nitrogens with zero attached hydrogens (tertiary/aromatic N) is 4. The number of fused-ring (bicyclic) bond motifs is 2. The van der Waals surface area contributed by atoms with Crippen LogP contribution in [-0.2, 0) is 10.3 Å². The molecule has 0 aliphatic carbocycles. The van der Waals surface area contributed by atoms with E-state index in [0.717, 1.165) is 31.6 Å². The molecule has 5 aromatic rings. The number of hydrogen-bond acceptors (Lipinski definition) is 8. The van der Waals surface area contributed by atoms with Crippen molar-refractivity contribution in [1.82, 2.24) is 25.5 Å². The van der Waals surface area contributed by atoms with E-state index >= 15 is 0 Å². The van der Waals surface area contributed by atoms with Crippen LogP contribution in [0.1, 0.15) is 40.8 Å². The van der Waals surface area contributed by atoms with E-state index in [1.807, 2.05) is 44.4 Å². The molecule has 1 fully saturated rings. The zero-order chi connectivity index (χ0) is 26.3. The topological polar surface area (TPSA) is 105 Å². The Morgan fingerprint density at radius 3 is 2.87 bits per heavy atom. The lowest BCUT2D eigenvalue weighted by atomic mass is 10.0. The second kappa shape index (κ2) is 9.70. The van der Waals surface area contributed by atoms with Gasteiger partial charge in [-0.05, 0) is 55.8 Å². The van der Waals surface area contributed by atoms with Gasteiger partial charge in [0, 0.05) is 22.4 Å². The minimum atomic E-state index is -0.587. The molecule has 0 spiro atoms. The summed E-state index contributed by atoms with van der Waals surface area (Å²) in [6.07, 6.45) is 3.61. The molecule has 1 saturated heterocycles. The summed E-state index contributed by atoms with van der Waals surface area (Å²) >= 11 is 1.59. The number of ether oxygens (including phenoxy) is 2. The van der Waals surface area contributed by atoms with Gasteiger partial charge in [-0.25, -0.2) is 9.97 Å². The van der Waals surface area contributed by atoms with Crippen LogP contribution < -0.4 is 15.0 Å². The molecule has 1 unspecified atom stereocenters. The van der Waals surface area contributed by atoms with Crippen molar-refractivity contribution >= 4 is 44.3 Å². The number of amides is 1. The first-order chi connectivity index (χ1) is 18.4. The number of benzene rings is 2. The van der Waals surface area contributed by atoms with Crippen molar-refractivity contribution < 1.29 is 14.3 Å². The summed E-state index contributed by atoms with van der Waals surface area (Å²) in [5, 5.41) is 11.4. The fraction of sp³-hybridized carbons (Fsp3) is 0.286. The van der Waals surface area contributed by atoms with Crippen LogP contribution in [0.25, 0.3) is 21.1 Å². The Labute approximate surface area is 223 Å². The molecule has 1 atom stereocenters. The summed E-state index contributed by atoms with van der Waals surface area (Å²) < 4.78 is 12.3. The number of aromatic nitrogens is 4. The first-order valence-electron chi connectivity index (χ1n) is 12.4. The number of thiophene rings is 1. The number of aromatic amines is 1. The third kappa shape index (κ3) is 4.57. The number of methoxy groups -OCH3 is 1. The van der Waals surface area contributed by atoms with E-state index in [2.05, 4.69) is 31.5 Å². The number of H-pyrrole nitrogens is 1. The van der Waals surface area contributed by atoms with E-state index in [9.17, 15) is 4.79 Å². The average molecular weight is 529 g/mol. The summed E-state index contributed by atoms with van der Waals surface area (Å²) in [6, 6.07) is 15.2. The molecule has 2 N–H and O–H groups in total. The largest absolute Gasteiger partial charge is 0.497 e. The van der Waals surface area contributed by atoms with E-state index < -0.39 is 5.54 Å². The SMILES string of the molecule is COc1ccc(C(=O)NC(C)(C)c2cc3nc(N4CCOC(c5cccc6[nH]ncc56)C4)ncc3s2)cc1. The lowest BCUT2D eigenvalue weighted by Gasteiger charge is -2.33. The number of anilines is 1. The molecule has 0 bridgehead atoms. The zero-order valence-electron chi connectivity index (χ0n) is 21.4. The predicted octanol–water partition coefficient (Wildman–Crippen LogP) is 4.82. The lowest BCUT2D eigenvalue weighted by molar-refractivity contribution is 0.0402. The Morgan fingerprint density at radius 2 is 2.05 bits per heavy atom. The van der Waals surface area contributed by atoms with Gasteiger partial charge in [-0.15, -0.1) is 11.3 Å².